The molecule has 0 saturated carbocycles. The van der Waals surface area contributed by atoms with E-state index in [1.165, 1.54) is 0 Å². The number of imidazole rings is 1. The van der Waals surface area contributed by atoms with Gasteiger partial charge in [0.25, 0.3) is 0 Å². The Morgan fingerprint density at radius 1 is 1.50 bits per heavy atom. The van der Waals surface area contributed by atoms with Crippen LogP contribution in [0.3, 0.4) is 0 Å². The highest BCUT2D eigenvalue weighted by Gasteiger charge is 2.27. The quantitative estimate of drug-likeness (QED) is 0.877. The average molecular weight is 244 g/mol. The van der Waals surface area contributed by atoms with Crippen LogP contribution in [0.15, 0.2) is 24.3 Å². The predicted octanol–water partition coefficient (Wildman–Crippen LogP) is 2.03. The maximum Gasteiger partial charge on any atom is 0.372 e. The standard InChI is InChI=1S/C13H12N2O3/c1-2-8-10-7-18-11-6-4-3-5-9(11)15(10)12(14-8)13(16)17/h3-6H,2,7H2,1H3,(H,16,17). The summed E-state index contributed by atoms with van der Waals surface area (Å²) in [7, 11) is 0. The van der Waals surface area contributed by atoms with Gasteiger partial charge in [-0.2, -0.15) is 0 Å². The first-order valence-electron chi connectivity index (χ1n) is 5.78. The molecule has 1 aliphatic heterocycles. The van der Waals surface area contributed by atoms with Gasteiger partial charge in [-0.05, 0) is 18.6 Å². The van der Waals surface area contributed by atoms with Crippen molar-refractivity contribution in [3.63, 3.8) is 0 Å². The van der Waals surface area contributed by atoms with Crippen molar-refractivity contribution in [3.05, 3.63) is 41.5 Å². The van der Waals surface area contributed by atoms with Crippen LogP contribution in [0.25, 0.3) is 5.69 Å². The fraction of sp³-hybridized carbons (Fsp3) is 0.231. The Balaban J connectivity index is 2.31. The first-order chi connectivity index (χ1) is 8.72. The fourth-order valence-electron chi connectivity index (χ4n) is 2.24. The number of para-hydroxylation sites is 2. The molecule has 5 heteroatoms. The van der Waals surface area contributed by atoms with E-state index in [0.29, 0.717) is 18.8 Å². The van der Waals surface area contributed by atoms with E-state index in [1.807, 2.05) is 31.2 Å². The first-order valence-corrected chi connectivity index (χ1v) is 5.78. The summed E-state index contributed by atoms with van der Waals surface area (Å²) in [5.41, 5.74) is 2.35. The molecule has 0 unspecified atom stereocenters. The molecule has 0 bridgehead atoms. The summed E-state index contributed by atoms with van der Waals surface area (Å²) >= 11 is 0. The van der Waals surface area contributed by atoms with Crippen LogP contribution in [0.2, 0.25) is 0 Å². The van der Waals surface area contributed by atoms with E-state index in [1.54, 1.807) is 4.57 Å². The Kier molecular flexibility index (Phi) is 2.33. The van der Waals surface area contributed by atoms with Gasteiger partial charge in [-0.25, -0.2) is 9.78 Å². The Morgan fingerprint density at radius 3 is 3.00 bits per heavy atom. The summed E-state index contributed by atoms with van der Waals surface area (Å²) in [4.78, 5) is 15.5. The molecule has 1 aromatic heterocycles. The van der Waals surface area contributed by atoms with Crippen LogP contribution in [0.1, 0.15) is 28.9 Å². The lowest BCUT2D eigenvalue weighted by atomic mass is 10.2. The minimum Gasteiger partial charge on any atom is -0.485 e. The summed E-state index contributed by atoms with van der Waals surface area (Å²) in [5.74, 6) is -0.280. The van der Waals surface area contributed by atoms with E-state index < -0.39 is 5.97 Å². The minimum atomic E-state index is -1.02. The molecule has 5 nitrogen and oxygen atoms in total. The monoisotopic (exact) mass is 244 g/mol. The summed E-state index contributed by atoms with van der Waals surface area (Å²) in [6.45, 7) is 2.32. The molecule has 0 radical (unpaired) electrons. The Labute approximate surface area is 104 Å². The van der Waals surface area contributed by atoms with Gasteiger partial charge in [0.05, 0.1) is 17.1 Å². The molecular formula is C13H12N2O3. The topological polar surface area (TPSA) is 64.3 Å². The van der Waals surface area contributed by atoms with Crippen LogP contribution in [-0.4, -0.2) is 20.6 Å². The van der Waals surface area contributed by atoms with Crippen LogP contribution in [0.4, 0.5) is 0 Å². The van der Waals surface area contributed by atoms with Crippen molar-refractivity contribution >= 4 is 5.97 Å². The maximum absolute atomic E-state index is 11.3. The van der Waals surface area contributed by atoms with Crippen LogP contribution >= 0.6 is 0 Å². The molecule has 1 N–H and O–H groups in total. The number of hydrogen-bond donors (Lipinski definition) is 1. The molecule has 0 spiro atoms. The number of benzene rings is 1. The second-order valence-electron chi connectivity index (χ2n) is 4.08. The molecule has 1 aromatic carbocycles. The molecule has 0 aliphatic carbocycles. The molecule has 0 fully saturated rings. The molecule has 1 aliphatic rings. The van der Waals surface area contributed by atoms with Gasteiger partial charge in [0.15, 0.2) is 0 Å². The normalized spacial score (nSPS) is 12.5. The van der Waals surface area contributed by atoms with E-state index in [-0.39, 0.29) is 5.82 Å². The number of hydrogen-bond acceptors (Lipinski definition) is 3. The van der Waals surface area contributed by atoms with Crippen LogP contribution in [0, 0.1) is 0 Å². The summed E-state index contributed by atoms with van der Waals surface area (Å²) < 4.78 is 7.31. The molecule has 2 heterocycles. The van der Waals surface area contributed by atoms with E-state index in [2.05, 4.69) is 4.98 Å². The second kappa shape index (κ2) is 3.87. The van der Waals surface area contributed by atoms with Crippen molar-refractivity contribution < 1.29 is 14.6 Å². The number of rotatable bonds is 2. The first kappa shape index (κ1) is 10.8. The van der Waals surface area contributed by atoms with E-state index in [9.17, 15) is 9.90 Å². The summed E-state index contributed by atoms with van der Waals surface area (Å²) in [5, 5.41) is 9.25. The lowest BCUT2D eigenvalue weighted by molar-refractivity contribution is 0.0680. The van der Waals surface area contributed by atoms with Crippen molar-refractivity contribution in [2.75, 3.05) is 0 Å². The largest absolute Gasteiger partial charge is 0.485 e. The van der Waals surface area contributed by atoms with E-state index in [4.69, 9.17) is 4.74 Å². The Morgan fingerprint density at radius 2 is 2.28 bits per heavy atom. The van der Waals surface area contributed by atoms with Crippen molar-refractivity contribution in [2.24, 2.45) is 0 Å². The summed E-state index contributed by atoms with van der Waals surface area (Å²) in [6.07, 6.45) is 0.689. The average Bonchev–Trinajstić information content (AvgIpc) is 2.78. The van der Waals surface area contributed by atoms with Crippen LogP contribution in [0.5, 0.6) is 5.75 Å². The molecule has 18 heavy (non-hydrogen) atoms. The smallest absolute Gasteiger partial charge is 0.372 e. The minimum absolute atomic E-state index is 0.0533. The SMILES string of the molecule is CCc1nc(C(=O)O)n2c1COc1ccccc1-2. The lowest BCUT2D eigenvalue weighted by Crippen LogP contribution is -2.17. The van der Waals surface area contributed by atoms with Gasteiger partial charge in [-0.3, -0.25) is 4.57 Å². The van der Waals surface area contributed by atoms with Gasteiger partial charge in [-0.1, -0.05) is 19.1 Å². The number of aryl methyl sites for hydroxylation is 1. The highest BCUT2D eigenvalue weighted by atomic mass is 16.5. The molecule has 2 aromatic rings. The lowest BCUT2D eigenvalue weighted by Gasteiger charge is -2.21. The Bertz CT molecular complexity index is 631. The zero-order valence-electron chi connectivity index (χ0n) is 9.88. The number of aromatic carboxylic acids is 1. The molecule has 92 valence electrons. The third kappa shape index (κ3) is 1.40. The van der Waals surface area contributed by atoms with Crippen LogP contribution in [-0.2, 0) is 13.0 Å². The van der Waals surface area contributed by atoms with Crippen molar-refractivity contribution in [1.29, 1.82) is 0 Å². The Hall–Kier alpha value is -2.30. The molecule has 0 amide bonds. The van der Waals surface area contributed by atoms with E-state index >= 15 is 0 Å². The number of carboxylic acids is 1. The van der Waals surface area contributed by atoms with Gasteiger partial charge >= 0.3 is 5.97 Å². The van der Waals surface area contributed by atoms with Crippen molar-refractivity contribution in [2.45, 2.75) is 20.0 Å². The predicted molar refractivity (Wildman–Crippen MR) is 64.2 cm³/mol. The molecular weight excluding hydrogens is 232 g/mol. The van der Waals surface area contributed by atoms with Gasteiger partial charge in [0, 0.05) is 0 Å². The van der Waals surface area contributed by atoms with Gasteiger partial charge in [0.2, 0.25) is 5.82 Å². The highest BCUT2D eigenvalue weighted by molar-refractivity contribution is 5.85. The maximum atomic E-state index is 11.3. The number of aromatic nitrogens is 2. The van der Waals surface area contributed by atoms with Gasteiger partial charge in [0.1, 0.15) is 12.4 Å². The zero-order valence-corrected chi connectivity index (χ0v) is 9.88. The number of carbonyl (C=O) groups is 1. The number of ether oxygens (including phenoxy) is 1. The van der Waals surface area contributed by atoms with Crippen LogP contribution < -0.4 is 4.74 Å². The van der Waals surface area contributed by atoms with Crippen molar-refractivity contribution in [1.82, 2.24) is 9.55 Å². The van der Waals surface area contributed by atoms with E-state index in [0.717, 1.165) is 17.1 Å². The number of nitrogens with zero attached hydrogens (tertiary/aromatic N) is 2. The zero-order chi connectivity index (χ0) is 12.7. The highest BCUT2D eigenvalue weighted by Crippen LogP contribution is 2.32. The fourth-order valence-corrected chi connectivity index (χ4v) is 2.24. The summed E-state index contributed by atoms with van der Waals surface area (Å²) in [6, 6.07) is 7.39. The number of carboxylic acid groups (broad SMARTS) is 1. The van der Waals surface area contributed by atoms with Gasteiger partial charge in [-0.15, -0.1) is 0 Å². The van der Waals surface area contributed by atoms with Gasteiger partial charge < -0.3 is 9.84 Å². The van der Waals surface area contributed by atoms with Crippen molar-refractivity contribution in [3.8, 4) is 11.4 Å². The molecule has 0 saturated heterocycles. The number of fused-ring (bicyclic) bond motifs is 3. The molecule has 3 rings (SSSR count). The third-order valence-electron chi connectivity index (χ3n) is 3.05. The molecule has 0 atom stereocenters. The second-order valence-corrected chi connectivity index (χ2v) is 4.08. The third-order valence-corrected chi connectivity index (χ3v) is 3.05.